The van der Waals surface area contributed by atoms with Gasteiger partial charge in [0.25, 0.3) is 0 Å². The highest BCUT2D eigenvalue weighted by molar-refractivity contribution is 5.92. The second-order valence-corrected chi connectivity index (χ2v) is 4.98. The molecule has 0 saturated heterocycles. The van der Waals surface area contributed by atoms with Gasteiger partial charge in [-0.25, -0.2) is 0 Å². The van der Waals surface area contributed by atoms with E-state index in [0.29, 0.717) is 0 Å². The minimum atomic E-state index is -0.976. The normalized spacial score (nSPS) is 15.5. The van der Waals surface area contributed by atoms with E-state index < -0.39 is 24.1 Å². The Bertz CT molecular complexity index is 340. The molecule has 0 bridgehead atoms. The molecule has 0 radical (unpaired) electrons. The summed E-state index contributed by atoms with van der Waals surface area (Å²) in [5, 5.41) is 14.5. The van der Waals surface area contributed by atoms with Crippen LogP contribution in [0.1, 0.15) is 41.0 Å². The van der Waals surface area contributed by atoms with Gasteiger partial charge in [0.1, 0.15) is 12.1 Å². The number of nitrogens with one attached hydrogen (secondary N) is 2. The Balaban J connectivity index is 4.81. The summed E-state index contributed by atoms with van der Waals surface area (Å²) in [6.07, 6.45) is -0.695. The summed E-state index contributed by atoms with van der Waals surface area (Å²) in [6.45, 7) is 8.02. The maximum Gasteiger partial charge on any atom is 0.243 e. The molecule has 19 heavy (non-hydrogen) atoms. The summed E-state index contributed by atoms with van der Waals surface area (Å²) >= 11 is 0. The van der Waals surface area contributed by atoms with Crippen molar-refractivity contribution in [2.45, 2.75) is 59.2 Å². The van der Waals surface area contributed by atoms with Crippen molar-refractivity contribution in [1.29, 1.82) is 0 Å². The molecule has 0 saturated carbocycles. The minimum absolute atomic E-state index is 0.114. The molecule has 110 valence electrons. The average molecular weight is 272 g/mol. The van der Waals surface area contributed by atoms with E-state index in [0.717, 1.165) is 0 Å². The number of aliphatic hydroxyl groups is 1. The molecule has 0 heterocycles. The molecule has 0 aromatic heterocycles. The summed E-state index contributed by atoms with van der Waals surface area (Å²) in [4.78, 5) is 34.8. The highest BCUT2D eigenvalue weighted by Gasteiger charge is 2.29. The minimum Gasteiger partial charge on any atom is -0.391 e. The van der Waals surface area contributed by atoms with Crippen molar-refractivity contribution in [2.75, 3.05) is 0 Å². The summed E-state index contributed by atoms with van der Waals surface area (Å²) in [5.74, 6) is -1.13. The van der Waals surface area contributed by atoms with Gasteiger partial charge in [-0.15, -0.1) is 0 Å². The van der Waals surface area contributed by atoms with Crippen molar-refractivity contribution in [3.05, 3.63) is 0 Å². The summed E-state index contributed by atoms with van der Waals surface area (Å²) in [5.41, 5.74) is 0. The van der Waals surface area contributed by atoms with Gasteiger partial charge in [0.2, 0.25) is 11.8 Å². The van der Waals surface area contributed by atoms with Gasteiger partial charge < -0.3 is 15.7 Å². The van der Waals surface area contributed by atoms with Gasteiger partial charge in [-0.3, -0.25) is 14.4 Å². The Morgan fingerprint density at radius 2 is 1.58 bits per heavy atom. The van der Waals surface area contributed by atoms with Crippen LogP contribution in [0.5, 0.6) is 0 Å². The van der Waals surface area contributed by atoms with E-state index in [1.807, 2.05) is 0 Å². The van der Waals surface area contributed by atoms with Crippen LogP contribution < -0.4 is 10.6 Å². The lowest BCUT2D eigenvalue weighted by Crippen LogP contribution is -2.55. The van der Waals surface area contributed by atoms with Gasteiger partial charge in [0.15, 0.2) is 5.78 Å². The zero-order chi connectivity index (χ0) is 15.2. The molecular formula is C13H24N2O4. The quantitative estimate of drug-likeness (QED) is 0.607. The Hall–Kier alpha value is -1.43. The lowest BCUT2D eigenvalue weighted by atomic mass is 10.0. The molecule has 0 aliphatic heterocycles. The molecule has 0 fully saturated rings. The molecule has 2 amide bonds. The standard InChI is InChI=1S/C13H24N2O4/c1-6-10(18)14-11(7(2)3)13(19)15-12(8(4)16)9(5)17/h7-8,11-12,16H,6H2,1-5H3,(H,14,18)(H,15,19). The maximum absolute atomic E-state index is 12.1. The Morgan fingerprint density at radius 3 is 1.89 bits per heavy atom. The third-order valence-electron chi connectivity index (χ3n) is 2.80. The molecule has 6 nitrogen and oxygen atoms in total. The van der Waals surface area contributed by atoms with Crippen LogP contribution in [-0.2, 0) is 14.4 Å². The highest BCUT2D eigenvalue weighted by Crippen LogP contribution is 2.04. The number of Topliss-reactive ketones (excluding diaryl/α,β-unsaturated/α-hetero) is 1. The van der Waals surface area contributed by atoms with Crippen LogP contribution >= 0.6 is 0 Å². The van der Waals surface area contributed by atoms with Crippen molar-refractivity contribution >= 4 is 17.6 Å². The zero-order valence-electron chi connectivity index (χ0n) is 12.2. The van der Waals surface area contributed by atoms with Gasteiger partial charge >= 0.3 is 0 Å². The summed E-state index contributed by atoms with van der Waals surface area (Å²) < 4.78 is 0. The molecule has 3 N–H and O–H groups in total. The fraction of sp³-hybridized carbons (Fsp3) is 0.769. The van der Waals surface area contributed by atoms with Crippen LogP contribution in [0, 0.1) is 5.92 Å². The highest BCUT2D eigenvalue weighted by atomic mass is 16.3. The smallest absolute Gasteiger partial charge is 0.243 e. The molecule has 0 spiro atoms. The molecule has 0 aromatic carbocycles. The predicted octanol–water partition coefficient (Wildman–Crippen LogP) is -0.00820. The number of amides is 2. The van der Waals surface area contributed by atoms with Crippen LogP contribution in [0.4, 0.5) is 0 Å². The van der Waals surface area contributed by atoms with E-state index in [1.54, 1.807) is 20.8 Å². The Labute approximate surface area is 113 Å². The molecule has 0 aliphatic rings. The lowest BCUT2D eigenvalue weighted by Gasteiger charge is -2.25. The number of rotatable bonds is 7. The molecule has 0 aliphatic carbocycles. The SMILES string of the molecule is CCC(=O)NC(C(=O)NC(C(C)=O)C(C)O)C(C)C. The number of carbonyl (C=O) groups excluding carboxylic acids is 3. The molecular weight excluding hydrogens is 248 g/mol. The molecule has 0 aromatic rings. The van der Waals surface area contributed by atoms with Crippen LogP contribution in [0.25, 0.3) is 0 Å². The topological polar surface area (TPSA) is 95.5 Å². The van der Waals surface area contributed by atoms with Crippen molar-refractivity contribution in [3.63, 3.8) is 0 Å². The fourth-order valence-electron chi connectivity index (χ4n) is 1.62. The van der Waals surface area contributed by atoms with E-state index in [-0.39, 0.29) is 24.0 Å². The third kappa shape index (κ3) is 5.83. The zero-order valence-corrected chi connectivity index (χ0v) is 12.2. The van der Waals surface area contributed by atoms with Crippen molar-refractivity contribution in [3.8, 4) is 0 Å². The van der Waals surface area contributed by atoms with Crippen molar-refractivity contribution in [2.24, 2.45) is 5.92 Å². The van der Waals surface area contributed by atoms with Crippen molar-refractivity contribution < 1.29 is 19.5 Å². The molecule has 6 heteroatoms. The number of ketones is 1. The average Bonchev–Trinajstić information content (AvgIpc) is 2.30. The fourth-order valence-corrected chi connectivity index (χ4v) is 1.62. The van der Waals surface area contributed by atoms with Crippen LogP contribution in [0.2, 0.25) is 0 Å². The predicted molar refractivity (Wildman–Crippen MR) is 71.4 cm³/mol. The van der Waals surface area contributed by atoms with E-state index >= 15 is 0 Å². The first-order valence-electron chi connectivity index (χ1n) is 6.48. The van der Waals surface area contributed by atoms with Crippen LogP contribution in [0.3, 0.4) is 0 Å². The Kier molecular flexibility index (Phi) is 7.29. The summed E-state index contributed by atoms with van der Waals surface area (Å²) in [7, 11) is 0. The van der Waals surface area contributed by atoms with Crippen LogP contribution in [-0.4, -0.2) is 40.9 Å². The first-order valence-corrected chi connectivity index (χ1v) is 6.48. The third-order valence-corrected chi connectivity index (χ3v) is 2.80. The van der Waals surface area contributed by atoms with Gasteiger partial charge in [-0.1, -0.05) is 20.8 Å². The van der Waals surface area contributed by atoms with E-state index in [1.165, 1.54) is 13.8 Å². The first kappa shape index (κ1) is 17.6. The number of aliphatic hydroxyl groups excluding tert-OH is 1. The molecule has 3 atom stereocenters. The van der Waals surface area contributed by atoms with Gasteiger partial charge in [-0.05, 0) is 19.8 Å². The first-order chi connectivity index (χ1) is 8.70. The Morgan fingerprint density at radius 1 is 1.05 bits per heavy atom. The van der Waals surface area contributed by atoms with E-state index in [9.17, 15) is 19.5 Å². The molecule has 3 unspecified atom stereocenters. The van der Waals surface area contributed by atoms with E-state index in [2.05, 4.69) is 10.6 Å². The van der Waals surface area contributed by atoms with Crippen LogP contribution in [0.15, 0.2) is 0 Å². The molecule has 0 rings (SSSR count). The second kappa shape index (κ2) is 7.89. The number of carbonyl (C=O) groups is 3. The monoisotopic (exact) mass is 272 g/mol. The van der Waals surface area contributed by atoms with Gasteiger partial charge in [-0.2, -0.15) is 0 Å². The maximum atomic E-state index is 12.1. The lowest BCUT2D eigenvalue weighted by molar-refractivity contribution is -0.133. The number of hydrogen-bond acceptors (Lipinski definition) is 4. The van der Waals surface area contributed by atoms with Crippen molar-refractivity contribution in [1.82, 2.24) is 10.6 Å². The number of hydrogen-bond donors (Lipinski definition) is 3. The van der Waals surface area contributed by atoms with E-state index in [4.69, 9.17) is 0 Å². The van der Waals surface area contributed by atoms with Gasteiger partial charge in [0, 0.05) is 6.42 Å². The largest absolute Gasteiger partial charge is 0.391 e. The summed E-state index contributed by atoms with van der Waals surface area (Å²) in [6, 6.07) is -1.67. The second-order valence-electron chi connectivity index (χ2n) is 4.98. The van der Waals surface area contributed by atoms with Gasteiger partial charge in [0.05, 0.1) is 6.10 Å².